The van der Waals surface area contributed by atoms with Crippen molar-refractivity contribution in [3.05, 3.63) is 105 Å². The molecule has 0 aliphatic heterocycles. The number of aromatic nitrogens is 2. The van der Waals surface area contributed by atoms with Crippen LogP contribution in [-0.2, 0) is 0 Å². The number of aryl methyl sites for hydroxylation is 1. The van der Waals surface area contributed by atoms with E-state index < -0.39 is 9.85 Å². The minimum Gasteiger partial charge on any atom is -0.258 e. The Morgan fingerprint density at radius 2 is 1.50 bits per heavy atom. The summed E-state index contributed by atoms with van der Waals surface area (Å²) in [6.07, 6.45) is 0. The molecule has 0 amide bonds. The molecule has 0 unspecified atom stereocenters. The molecule has 30 heavy (non-hydrogen) atoms. The highest BCUT2D eigenvalue weighted by Gasteiger charge is 2.24. The first-order chi connectivity index (χ1) is 14.4. The van der Waals surface area contributed by atoms with Crippen LogP contribution in [-0.4, -0.2) is 19.6 Å². The lowest BCUT2D eigenvalue weighted by Gasteiger charge is -2.08. The lowest BCUT2D eigenvalue weighted by atomic mass is 10.1. The lowest BCUT2D eigenvalue weighted by molar-refractivity contribution is -0.394. The van der Waals surface area contributed by atoms with Crippen molar-refractivity contribution in [3.8, 4) is 28.2 Å². The zero-order valence-electron chi connectivity index (χ0n) is 15.9. The van der Waals surface area contributed by atoms with Crippen molar-refractivity contribution in [2.24, 2.45) is 0 Å². The van der Waals surface area contributed by atoms with Gasteiger partial charge < -0.3 is 0 Å². The molecule has 0 aliphatic carbocycles. The van der Waals surface area contributed by atoms with Crippen molar-refractivity contribution in [2.45, 2.75) is 6.92 Å². The molecule has 8 nitrogen and oxygen atoms in total. The SMILES string of the molecule is Cc1ccc(-c2cc(-c3ccccc3)nn2-c2ccc([N+](=O)[O-])cc2[N+](=O)[O-])cc1. The van der Waals surface area contributed by atoms with E-state index in [0.717, 1.165) is 22.8 Å². The summed E-state index contributed by atoms with van der Waals surface area (Å²) in [5.74, 6) is 0. The Kier molecular flexibility index (Phi) is 4.81. The van der Waals surface area contributed by atoms with Gasteiger partial charge in [0.05, 0.1) is 27.3 Å². The Bertz CT molecular complexity index is 1250. The number of rotatable bonds is 5. The number of benzene rings is 3. The van der Waals surface area contributed by atoms with E-state index in [1.165, 1.54) is 16.8 Å². The minimum atomic E-state index is -0.657. The number of hydrogen-bond donors (Lipinski definition) is 0. The van der Waals surface area contributed by atoms with Crippen LogP contribution in [0.3, 0.4) is 0 Å². The van der Waals surface area contributed by atoms with E-state index >= 15 is 0 Å². The van der Waals surface area contributed by atoms with Crippen LogP contribution in [0.25, 0.3) is 28.2 Å². The largest absolute Gasteiger partial charge is 0.301 e. The maximum absolute atomic E-state index is 11.7. The number of nitro groups is 2. The molecule has 1 aromatic heterocycles. The first-order valence-electron chi connectivity index (χ1n) is 9.10. The van der Waals surface area contributed by atoms with E-state index in [0.29, 0.717) is 11.4 Å². The summed E-state index contributed by atoms with van der Waals surface area (Å²) in [5.41, 5.74) is 3.46. The molecular weight excluding hydrogens is 384 g/mol. The van der Waals surface area contributed by atoms with Crippen LogP contribution in [0.1, 0.15) is 5.56 Å². The summed E-state index contributed by atoms with van der Waals surface area (Å²) in [4.78, 5) is 21.5. The quantitative estimate of drug-likeness (QED) is 0.332. The van der Waals surface area contributed by atoms with Gasteiger partial charge in [-0.05, 0) is 19.1 Å². The molecule has 0 saturated carbocycles. The highest BCUT2D eigenvalue weighted by atomic mass is 16.6. The monoisotopic (exact) mass is 400 g/mol. The maximum atomic E-state index is 11.7. The van der Waals surface area contributed by atoms with E-state index in [2.05, 4.69) is 5.10 Å². The van der Waals surface area contributed by atoms with Crippen LogP contribution in [0.5, 0.6) is 0 Å². The number of nitro benzene ring substituents is 2. The Hall–Kier alpha value is -4.33. The summed E-state index contributed by atoms with van der Waals surface area (Å²) in [5, 5.41) is 27.4. The fourth-order valence-corrected chi connectivity index (χ4v) is 3.20. The topological polar surface area (TPSA) is 104 Å². The normalized spacial score (nSPS) is 10.7. The molecule has 0 aliphatic rings. The zero-order valence-corrected chi connectivity index (χ0v) is 15.9. The molecule has 0 bridgehead atoms. The molecule has 0 saturated heterocycles. The fraction of sp³-hybridized carbons (Fsp3) is 0.0455. The molecule has 0 N–H and O–H groups in total. The van der Waals surface area contributed by atoms with Crippen LogP contribution in [0.15, 0.2) is 78.9 Å². The van der Waals surface area contributed by atoms with Crippen molar-refractivity contribution in [2.75, 3.05) is 0 Å². The summed E-state index contributed by atoms with van der Waals surface area (Å²) in [6, 6.07) is 22.6. The van der Waals surface area contributed by atoms with Crippen LogP contribution in [0, 0.1) is 27.2 Å². The van der Waals surface area contributed by atoms with Gasteiger partial charge in [0.2, 0.25) is 0 Å². The van der Waals surface area contributed by atoms with E-state index in [4.69, 9.17) is 0 Å². The lowest BCUT2D eigenvalue weighted by Crippen LogP contribution is -2.04. The second-order valence-corrected chi connectivity index (χ2v) is 6.75. The average molecular weight is 400 g/mol. The Morgan fingerprint density at radius 3 is 2.13 bits per heavy atom. The van der Waals surface area contributed by atoms with Gasteiger partial charge in [0, 0.05) is 17.2 Å². The highest BCUT2D eigenvalue weighted by Crippen LogP contribution is 2.34. The molecule has 8 heteroatoms. The Labute approximate surface area is 171 Å². The highest BCUT2D eigenvalue weighted by molar-refractivity contribution is 5.72. The molecule has 4 rings (SSSR count). The molecule has 0 atom stereocenters. The number of hydrogen-bond acceptors (Lipinski definition) is 5. The molecule has 0 fully saturated rings. The Morgan fingerprint density at radius 1 is 0.800 bits per heavy atom. The summed E-state index contributed by atoms with van der Waals surface area (Å²) >= 11 is 0. The van der Waals surface area contributed by atoms with E-state index in [-0.39, 0.29) is 17.1 Å². The average Bonchev–Trinajstić information content (AvgIpc) is 3.19. The maximum Gasteiger partial charge on any atom is 0.301 e. The molecule has 148 valence electrons. The third-order valence-electron chi connectivity index (χ3n) is 4.72. The third kappa shape index (κ3) is 3.53. The first-order valence-corrected chi connectivity index (χ1v) is 9.10. The van der Waals surface area contributed by atoms with Gasteiger partial charge in [0.15, 0.2) is 0 Å². The van der Waals surface area contributed by atoms with Gasteiger partial charge in [-0.25, -0.2) is 4.68 Å². The Balaban J connectivity index is 1.97. The first kappa shape index (κ1) is 19.0. The summed E-state index contributed by atoms with van der Waals surface area (Å²) in [6.45, 7) is 1.97. The third-order valence-corrected chi connectivity index (χ3v) is 4.72. The van der Waals surface area contributed by atoms with Crippen LogP contribution in [0.2, 0.25) is 0 Å². The second-order valence-electron chi connectivity index (χ2n) is 6.75. The standard InChI is InChI=1S/C22H16N4O4/c1-15-7-9-17(10-8-15)21-14-19(16-5-3-2-4-6-16)23-24(21)20-12-11-18(25(27)28)13-22(20)26(29)30/h2-14H,1H3. The van der Waals surface area contributed by atoms with Gasteiger partial charge in [0.1, 0.15) is 5.69 Å². The van der Waals surface area contributed by atoms with E-state index in [1.54, 1.807) is 0 Å². The summed E-state index contributed by atoms with van der Waals surface area (Å²) in [7, 11) is 0. The van der Waals surface area contributed by atoms with Crippen molar-refractivity contribution >= 4 is 11.4 Å². The molecular formula is C22H16N4O4. The minimum absolute atomic E-state index is 0.156. The van der Waals surface area contributed by atoms with Gasteiger partial charge in [-0.15, -0.1) is 0 Å². The molecule has 0 radical (unpaired) electrons. The van der Waals surface area contributed by atoms with Crippen LogP contribution < -0.4 is 0 Å². The van der Waals surface area contributed by atoms with Crippen molar-refractivity contribution in [1.29, 1.82) is 0 Å². The number of non-ortho nitro benzene ring substituents is 1. The van der Waals surface area contributed by atoms with Crippen molar-refractivity contribution in [3.63, 3.8) is 0 Å². The number of nitrogens with zero attached hydrogens (tertiary/aromatic N) is 4. The van der Waals surface area contributed by atoms with Crippen LogP contribution in [0.4, 0.5) is 11.4 Å². The van der Waals surface area contributed by atoms with Crippen LogP contribution >= 0.6 is 0 Å². The van der Waals surface area contributed by atoms with Gasteiger partial charge >= 0.3 is 5.69 Å². The molecule has 0 spiro atoms. The van der Waals surface area contributed by atoms with Crippen molar-refractivity contribution < 1.29 is 9.85 Å². The molecule has 3 aromatic carbocycles. The van der Waals surface area contributed by atoms with Gasteiger partial charge in [0.25, 0.3) is 5.69 Å². The van der Waals surface area contributed by atoms with E-state index in [1.807, 2.05) is 67.6 Å². The smallest absolute Gasteiger partial charge is 0.258 e. The van der Waals surface area contributed by atoms with Gasteiger partial charge in [-0.3, -0.25) is 20.2 Å². The van der Waals surface area contributed by atoms with Gasteiger partial charge in [-0.1, -0.05) is 60.2 Å². The predicted octanol–water partition coefficient (Wildman–Crippen LogP) is 5.33. The zero-order chi connectivity index (χ0) is 21.3. The molecule has 4 aromatic rings. The fourth-order valence-electron chi connectivity index (χ4n) is 3.20. The molecule has 1 heterocycles. The van der Waals surface area contributed by atoms with Gasteiger partial charge in [-0.2, -0.15) is 5.10 Å². The summed E-state index contributed by atoms with van der Waals surface area (Å²) < 4.78 is 1.47. The van der Waals surface area contributed by atoms with E-state index in [9.17, 15) is 20.2 Å². The predicted molar refractivity (Wildman–Crippen MR) is 112 cm³/mol. The van der Waals surface area contributed by atoms with Crippen molar-refractivity contribution in [1.82, 2.24) is 9.78 Å². The second kappa shape index (κ2) is 7.59.